The van der Waals surface area contributed by atoms with Crippen molar-refractivity contribution in [3.63, 3.8) is 0 Å². The average molecular weight is 341 g/mol. The van der Waals surface area contributed by atoms with Crippen LogP contribution in [0.5, 0.6) is 0 Å². The molecule has 0 unspecified atom stereocenters. The second-order valence-corrected chi connectivity index (χ2v) is 8.25. The van der Waals surface area contributed by atoms with Gasteiger partial charge in [-0.3, -0.25) is 9.59 Å². The summed E-state index contributed by atoms with van der Waals surface area (Å²) in [5, 5.41) is 4.13. The van der Waals surface area contributed by atoms with Crippen LogP contribution in [0.2, 0.25) is 0 Å². The summed E-state index contributed by atoms with van der Waals surface area (Å²) < 4.78 is 0. The predicted octanol–water partition coefficient (Wildman–Crippen LogP) is 2.78. The molecule has 1 aliphatic heterocycles. The minimum absolute atomic E-state index is 0.0248. The van der Waals surface area contributed by atoms with Gasteiger partial charge in [0.2, 0.25) is 11.8 Å². The summed E-state index contributed by atoms with van der Waals surface area (Å²) in [5.74, 6) is 0.103. The molecule has 0 bridgehead atoms. The van der Waals surface area contributed by atoms with Gasteiger partial charge in [-0.05, 0) is 24.0 Å². The summed E-state index contributed by atoms with van der Waals surface area (Å²) in [4.78, 5) is 29.9. The second-order valence-electron chi connectivity index (χ2n) is 8.25. The van der Waals surface area contributed by atoms with Crippen LogP contribution in [-0.2, 0) is 16.0 Å². The number of H-pyrrole nitrogens is 1. The largest absolute Gasteiger partial charge is 0.358 e. The number of nitrogens with zero attached hydrogens (tertiary/aromatic N) is 1. The molecule has 0 saturated carbocycles. The summed E-state index contributed by atoms with van der Waals surface area (Å²) in [6, 6.07) is 7.93. The lowest BCUT2D eigenvalue weighted by Gasteiger charge is -2.26. The molecule has 1 aromatic heterocycles. The minimum atomic E-state index is -0.0899. The van der Waals surface area contributed by atoms with Gasteiger partial charge in [-0.15, -0.1) is 0 Å². The number of amides is 2. The van der Waals surface area contributed by atoms with Crippen molar-refractivity contribution in [2.45, 2.75) is 46.6 Å². The van der Waals surface area contributed by atoms with E-state index in [0.29, 0.717) is 19.4 Å². The van der Waals surface area contributed by atoms with Crippen molar-refractivity contribution >= 4 is 22.7 Å². The molecule has 0 aliphatic carbocycles. The molecule has 25 heavy (non-hydrogen) atoms. The predicted molar refractivity (Wildman–Crippen MR) is 99.3 cm³/mol. The smallest absolute Gasteiger partial charge is 0.224 e. The first kappa shape index (κ1) is 17.5. The fourth-order valence-electron chi connectivity index (χ4n) is 3.60. The molecular formula is C20H27N3O2. The molecule has 0 spiro atoms. The van der Waals surface area contributed by atoms with Crippen LogP contribution in [0.25, 0.3) is 10.9 Å². The Hall–Kier alpha value is -2.30. The topological polar surface area (TPSA) is 65.2 Å². The van der Waals surface area contributed by atoms with Crippen molar-refractivity contribution in [3.8, 4) is 0 Å². The van der Waals surface area contributed by atoms with Gasteiger partial charge in [0.25, 0.3) is 0 Å². The van der Waals surface area contributed by atoms with Gasteiger partial charge >= 0.3 is 0 Å². The molecular weight excluding hydrogens is 314 g/mol. The van der Waals surface area contributed by atoms with E-state index in [1.165, 1.54) is 0 Å². The normalized spacial score (nSPS) is 18.2. The molecule has 2 aromatic rings. The zero-order valence-corrected chi connectivity index (χ0v) is 15.5. The first-order chi connectivity index (χ1) is 11.7. The third-order valence-electron chi connectivity index (χ3n) is 4.61. The lowest BCUT2D eigenvalue weighted by Crippen LogP contribution is -2.39. The molecule has 2 amide bonds. The van der Waals surface area contributed by atoms with Gasteiger partial charge in [-0.25, -0.2) is 0 Å². The molecule has 1 aliphatic rings. The first-order valence-corrected chi connectivity index (χ1v) is 8.86. The quantitative estimate of drug-likeness (QED) is 0.898. The Morgan fingerprint density at radius 3 is 2.76 bits per heavy atom. The molecule has 5 heteroatoms. The lowest BCUT2D eigenvalue weighted by atomic mass is 9.96. The van der Waals surface area contributed by atoms with Crippen LogP contribution in [0.3, 0.4) is 0 Å². The molecule has 3 rings (SSSR count). The number of aromatic nitrogens is 1. The number of para-hydroxylation sites is 1. The zero-order valence-electron chi connectivity index (χ0n) is 15.5. The second kappa shape index (κ2) is 6.54. The van der Waals surface area contributed by atoms with Crippen molar-refractivity contribution in [1.29, 1.82) is 0 Å². The molecule has 0 radical (unpaired) electrons. The number of hydrogen-bond donors (Lipinski definition) is 2. The number of carbonyl (C=O) groups is 2. The van der Waals surface area contributed by atoms with E-state index >= 15 is 0 Å². The number of benzene rings is 1. The molecule has 2 heterocycles. The van der Waals surface area contributed by atoms with Crippen LogP contribution >= 0.6 is 0 Å². The van der Waals surface area contributed by atoms with Crippen LogP contribution < -0.4 is 5.32 Å². The van der Waals surface area contributed by atoms with E-state index < -0.39 is 0 Å². The number of aryl methyl sites for hydroxylation is 1. The number of carbonyl (C=O) groups excluding carboxylic acids is 2. The SMILES string of the molecule is Cc1[nH]c2ccccc2c1CC(=O)N[C@H]1CC(=O)N(CC(C)(C)C)C1. The van der Waals surface area contributed by atoms with Crippen molar-refractivity contribution in [2.75, 3.05) is 13.1 Å². The Morgan fingerprint density at radius 1 is 1.32 bits per heavy atom. The zero-order chi connectivity index (χ0) is 18.2. The van der Waals surface area contributed by atoms with Gasteiger partial charge in [0, 0.05) is 36.1 Å². The van der Waals surface area contributed by atoms with Crippen molar-refractivity contribution in [2.24, 2.45) is 5.41 Å². The van der Waals surface area contributed by atoms with E-state index in [0.717, 1.165) is 28.7 Å². The van der Waals surface area contributed by atoms with Crippen molar-refractivity contribution in [3.05, 3.63) is 35.5 Å². The maximum absolute atomic E-state index is 12.5. The average Bonchev–Trinajstić information content (AvgIpc) is 2.98. The van der Waals surface area contributed by atoms with Crippen LogP contribution in [-0.4, -0.2) is 40.8 Å². The maximum Gasteiger partial charge on any atom is 0.224 e. The first-order valence-electron chi connectivity index (χ1n) is 8.86. The van der Waals surface area contributed by atoms with E-state index in [2.05, 4.69) is 31.1 Å². The Bertz CT molecular complexity index is 801. The number of fused-ring (bicyclic) bond motifs is 1. The number of rotatable bonds is 4. The molecule has 1 saturated heterocycles. The summed E-state index contributed by atoms with van der Waals surface area (Å²) >= 11 is 0. The van der Waals surface area contributed by atoms with E-state index in [1.54, 1.807) is 0 Å². The molecule has 1 fully saturated rings. The Morgan fingerprint density at radius 2 is 2.04 bits per heavy atom. The lowest BCUT2D eigenvalue weighted by molar-refractivity contribution is -0.128. The molecule has 2 N–H and O–H groups in total. The van der Waals surface area contributed by atoms with Crippen molar-refractivity contribution in [1.82, 2.24) is 15.2 Å². The van der Waals surface area contributed by atoms with Gasteiger partial charge in [-0.1, -0.05) is 39.0 Å². The summed E-state index contributed by atoms with van der Waals surface area (Å²) in [7, 11) is 0. The van der Waals surface area contributed by atoms with Crippen LogP contribution in [0.1, 0.15) is 38.4 Å². The third-order valence-corrected chi connectivity index (χ3v) is 4.61. The van der Waals surface area contributed by atoms with Gasteiger partial charge in [0.15, 0.2) is 0 Å². The highest BCUT2D eigenvalue weighted by Crippen LogP contribution is 2.23. The number of nitrogens with one attached hydrogen (secondary N) is 2. The monoisotopic (exact) mass is 341 g/mol. The number of hydrogen-bond acceptors (Lipinski definition) is 2. The third kappa shape index (κ3) is 4.03. The summed E-state index contributed by atoms with van der Waals surface area (Å²) in [6.45, 7) is 9.67. The fraction of sp³-hybridized carbons (Fsp3) is 0.500. The van der Waals surface area contributed by atoms with Crippen LogP contribution in [0.15, 0.2) is 24.3 Å². The Labute approximate surface area is 148 Å². The van der Waals surface area contributed by atoms with Crippen LogP contribution in [0.4, 0.5) is 0 Å². The number of aromatic amines is 1. The Kier molecular flexibility index (Phi) is 4.58. The van der Waals surface area contributed by atoms with E-state index in [1.807, 2.05) is 36.1 Å². The molecule has 5 nitrogen and oxygen atoms in total. The fourth-order valence-corrected chi connectivity index (χ4v) is 3.60. The minimum Gasteiger partial charge on any atom is -0.358 e. The van der Waals surface area contributed by atoms with Gasteiger partial charge in [0.05, 0.1) is 12.5 Å². The van der Waals surface area contributed by atoms with Gasteiger partial charge in [-0.2, -0.15) is 0 Å². The Balaban J connectivity index is 1.63. The molecule has 134 valence electrons. The van der Waals surface area contributed by atoms with Crippen molar-refractivity contribution < 1.29 is 9.59 Å². The van der Waals surface area contributed by atoms with E-state index in [9.17, 15) is 9.59 Å². The van der Waals surface area contributed by atoms with E-state index in [4.69, 9.17) is 0 Å². The van der Waals surface area contributed by atoms with Gasteiger partial charge in [0.1, 0.15) is 0 Å². The van der Waals surface area contributed by atoms with Crippen LogP contribution in [0, 0.1) is 12.3 Å². The van der Waals surface area contributed by atoms with E-state index in [-0.39, 0.29) is 23.3 Å². The van der Waals surface area contributed by atoms with Gasteiger partial charge < -0.3 is 15.2 Å². The highest BCUT2D eigenvalue weighted by Gasteiger charge is 2.32. The molecule has 1 aromatic carbocycles. The molecule has 1 atom stereocenters. The highest BCUT2D eigenvalue weighted by atomic mass is 16.2. The maximum atomic E-state index is 12.5. The standard InChI is InChI=1S/C20H27N3O2/c1-13-16(15-7-5-6-8-17(15)21-13)10-18(24)22-14-9-19(25)23(11-14)12-20(2,3)4/h5-8,14,21H,9-12H2,1-4H3,(H,22,24)/t14-/m0/s1. The summed E-state index contributed by atoms with van der Waals surface area (Å²) in [6.07, 6.45) is 0.731. The summed E-state index contributed by atoms with van der Waals surface area (Å²) in [5.41, 5.74) is 3.17. The highest BCUT2D eigenvalue weighted by molar-refractivity contribution is 5.90. The number of likely N-dealkylation sites (tertiary alicyclic amines) is 1.